The number of nitrogens with one attached hydrogen (secondary N) is 3. The highest BCUT2D eigenvalue weighted by molar-refractivity contribution is 5.14. The molecule has 0 saturated carbocycles. The van der Waals surface area contributed by atoms with E-state index in [1.54, 1.807) is 6.33 Å². The van der Waals surface area contributed by atoms with Crippen molar-refractivity contribution in [2.45, 2.75) is 13.1 Å². The number of benzene rings is 1. The van der Waals surface area contributed by atoms with Gasteiger partial charge in [0.05, 0.1) is 6.33 Å². The molecule has 0 bridgehead atoms. The third-order valence-electron chi connectivity index (χ3n) is 2.52. The summed E-state index contributed by atoms with van der Waals surface area (Å²) in [5.41, 5.74) is 2.44. The van der Waals surface area contributed by atoms with Crippen molar-refractivity contribution in [2.75, 3.05) is 13.1 Å². The van der Waals surface area contributed by atoms with Gasteiger partial charge in [-0.3, -0.25) is 0 Å². The minimum atomic E-state index is 0.840. The van der Waals surface area contributed by atoms with E-state index in [9.17, 15) is 0 Å². The number of aromatic amines is 1. The lowest BCUT2D eigenvalue weighted by Crippen LogP contribution is -2.26. The number of imidazole rings is 1. The summed E-state index contributed by atoms with van der Waals surface area (Å²) < 4.78 is 0. The summed E-state index contributed by atoms with van der Waals surface area (Å²) in [6.45, 7) is 3.68. The van der Waals surface area contributed by atoms with Crippen LogP contribution in [0.15, 0.2) is 42.9 Å². The van der Waals surface area contributed by atoms with Gasteiger partial charge >= 0.3 is 0 Å². The standard InChI is InChI=1S/C13H18N4/c1-2-4-12(5-3-1)8-14-6-7-15-9-13-10-16-11-17-13/h1-5,10-11,14-15H,6-9H2,(H,16,17). The molecule has 1 aromatic heterocycles. The van der Waals surface area contributed by atoms with E-state index in [0.29, 0.717) is 0 Å². The predicted molar refractivity (Wildman–Crippen MR) is 68.4 cm³/mol. The van der Waals surface area contributed by atoms with Crippen molar-refractivity contribution in [1.82, 2.24) is 20.6 Å². The Bertz CT molecular complexity index is 397. The quantitative estimate of drug-likeness (QED) is 0.628. The number of rotatable bonds is 7. The maximum Gasteiger partial charge on any atom is 0.0922 e. The van der Waals surface area contributed by atoms with Crippen LogP contribution in [-0.2, 0) is 13.1 Å². The Morgan fingerprint density at radius 3 is 2.47 bits per heavy atom. The highest BCUT2D eigenvalue weighted by Crippen LogP contribution is 1.96. The minimum Gasteiger partial charge on any atom is -0.347 e. The molecular formula is C13H18N4. The van der Waals surface area contributed by atoms with E-state index in [2.05, 4.69) is 44.9 Å². The fourth-order valence-electron chi connectivity index (χ4n) is 1.61. The Hall–Kier alpha value is -1.65. The molecule has 0 aliphatic carbocycles. The van der Waals surface area contributed by atoms with Gasteiger partial charge in [-0.05, 0) is 5.56 Å². The molecule has 4 heteroatoms. The Labute approximate surface area is 101 Å². The molecule has 1 aromatic carbocycles. The van der Waals surface area contributed by atoms with Crippen LogP contribution < -0.4 is 10.6 Å². The summed E-state index contributed by atoms with van der Waals surface area (Å²) in [7, 11) is 0. The molecule has 2 rings (SSSR count). The molecule has 0 amide bonds. The van der Waals surface area contributed by atoms with Crippen LogP contribution >= 0.6 is 0 Å². The van der Waals surface area contributed by atoms with Crippen molar-refractivity contribution in [2.24, 2.45) is 0 Å². The van der Waals surface area contributed by atoms with Gasteiger partial charge in [0.15, 0.2) is 0 Å². The fourth-order valence-corrected chi connectivity index (χ4v) is 1.61. The number of H-pyrrole nitrogens is 1. The van der Waals surface area contributed by atoms with E-state index < -0.39 is 0 Å². The van der Waals surface area contributed by atoms with Gasteiger partial charge in [-0.15, -0.1) is 0 Å². The smallest absolute Gasteiger partial charge is 0.0922 e. The largest absolute Gasteiger partial charge is 0.347 e. The zero-order chi connectivity index (χ0) is 11.8. The van der Waals surface area contributed by atoms with Crippen LogP contribution in [0.2, 0.25) is 0 Å². The molecular weight excluding hydrogens is 212 g/mol. The van der Waals surface area contributed by atoms with E-state index in [1.165, 1.54) is 5.56 Å². The Kier molecular flexibility index (Phi) is 4.75. The molecule has 0 fully saturated rings. The van der Waals surface area contributed by atoms with Gasteiger partial charge in [0.25, 0.3) is 0 Å². The highest BCUT2D eigenvalue weighted by atomic mass is 15.0. The van der Waals surface area contributed by atoms with Crippen molar-refractivity contribution in [3.05, 3.63) is 54.1 Å². The second kappa shape index (κ2) is 6.83. The van der Waals surface area contributed by atoms with Gasteiger partial charge in [-0.25, -0.2) is 4.98 Å². The second-order valence-electron chi connectivity index (χ2n) is 3.92. The lowest BCUT2D eigenvalue weighted by atomic mass is 10.2. The van der Waals surface area contributed by atoms with Crippen LogP contribution in [0.1, 0.15) is 11.3 Å². The number of nitrogens with zero attached hydrogens (tertiary/aromatic N) is 1. The maximum atomic E-state index is 3.97. The van der Waals surface area contributed by atoms with Gasteiger partial charge in [-0.2, -0.15) is 0 Å². The Morgan fingerprint density at radius 2 is 1.76 bits per heavy atom. The number of hydrogen-bond acceptors (Lipinski definition) is 3. The fraction of sp³-hybridized carbons (Fsp3) is 0.308. The number of hydrogen-bond donors (Lipinski definition) is 3. The molecule has 0 aliphatic rings. The van der Waals surface area contributed by atoms with Crippen LogP contribution in [0.4, 0.5) is 0 Å². The zero-order valence-electron chi connectivity index (χ0n) is 9.82. The SMILES string of the molecule is c1ccc(CNCCNCc2cnc[nH]2)cc1. The molecule has 1 heterocycles. The first-order valence-electron chi connectivity index (χ1n) is 5.88. The molecule has 0 aliphatic heterocycles. The van der Waals surface area contributed by atoms with Gasteiger partial charge in [-0.1, -0.05) is 30.3 Å². The van der Waals surface area contributed by atoms with Crippen LogP contribution in [-0.4, -0.2) is 23.1 Å². The molecule has 0 spiro atoms. The van der Waals surface area contributed by atoms with Crippen molar-refractivity contribution in [3.8, 4) is 0 Å². The molecule has 2 aromatic rings. The molecule has 4 nitrogen and oxygen atoms in total. The van der Waals surface area contributed by atoms with Crippen LogP contribution in [0.25, 0.3) is 0 Å². The van der Waals surface area contributed by atoms with Crippen LogP contribution in [0, 0.1) is 0 Å². The molecule has 0 saturated heterocycles. The summed E-state index contributed by atoms with van der Waals surface area (Å²) >= 11 is 0. The first kappa shape index (κ1) is 11.8. The lowest BCUT2D eigenvalue weighted by Gasteiger charge is -2.05. The van der Waals surface area contributed by atoms with E-state index in [4.69, 9.17) is 0 Å². The van der Waals surface area contributed by atoms with Crippen molar-refractivity contribution in [1.29, 1.82) is 0 Å². The average molecular weight is 230 g/mol. The van der Waals surface area contributed by atoms with Gasteiger partial charge in [0.2, 0.25) is 0 Å². The van der Waals surface area contributed by atoms with Crippen molar-refractivity contribution < 1.29 is 0 Å². The van der Waals surface area contributed by atoms with Gasteiger partial charge in [0.1, 0.15) is 0 Å². The predicted octanol–water partition coefficient (Wildman–Crippen LogP) is 1.29. The normalized spacial score (nSPS) is 10.6. The Balaban J connectivity index is 1.52. The summed E-state index contributed by atoms with van der Waals surface area (Å²) in [6, 6.07) is 10.4. The van der Waals surface area contributed by atoms with Gasteiger partial charge in [0, 0.05) is 38.1 Å². The monoisotopic (exact) mass is 230 g/mol. The van der Waals surface area contributed by atoms with E-state index in [0.717, 1.165) is 31.9 Å². The second-order valence-corrected chi connectivity index (χ2v) is 3.92. The third kappa shape index (κ3) is 4.38. The van der Waals surface area contributed by atoms with Crippen LogP contribution in [0.3, 0.4) is 0 Å². The highest BCUT2D eigenvalue weighted by Gasteiger charge is 1.93. The summed E-state index contributed by atoms with van der Waals surface area (Å²) in [6.07, 6.45) is 3.54. The molecule has 90 valence electrons. The summed E-state index contributed by atoms with van der Waals surface area (Å²) in [5.74, 6) is 0. The molecule has 0 radical (unpaired) electrons. The molecule has 0 atom stereocenters. The van der Waals surface area contributed by atoms with E-state index >= 15 is 0 Å². The van der Waals surface area contributed by atoms with E-state index in [-0.39, 0.29) is 0 Å². The first-order valence-corrected chi connectivity index (χ1v) is 5.88. The molecule has 0 unspecified atom stereocenters. The van der Waals surface area contributed by atoms with Crippen molar-refractivity contribution in [3.63, 3.8) is 0 Å². The van der Waals surface area contributed by atoms with Crippen molar-refractivity contribution >= 4 is 0 Å². The summed E-state index contributed by atoms with van der Waals surface area (Å²) in [4.78, 5) is 7.03. The summed E-state index contributed by atoms with van der Waals surface area (Å²) in [5, 5.41) is 6.73. The zero-order valence-corrected chi connectivity index (χ0v) is 9.82. The minimum absolute atomic E-state index is 0.840. The third-order valence-corrected chi connectivity index (χ3v) is 2.52. The van der Waals surface area contributed by atoms with Gasteiger partial charge < -0.3 is 15.6 Å². The maximum absolute atomic E-state index is 3.97. The first-order chi connectivity index (χ1) is 8.45. The van der Waals surface area contributed by atoms with E-state index in [1.807, 2.05) is 12.3 Å². The lowest BCUT2D eigenvalue weighted by molar-refractivity contribution is 0.607. The van der Waals surface area contributed by atoms with Crippen LogP contribution in [0.5, 0.6) is 0 Å². The molecule has 3 N–H and O–H groups in total. The average Bonchev–Trinajstić information content (AvgIpc) is 2.88. The Morgan fingerprint density at radius 1 is 1.00 bits per heavy atom. The topological polar surface area (TPSA) is 52.7 Å². The number of aromatic nitrogens is 2. The molecule has 17 heavy (non-hydrogen) atoms.